The van der Waals surface area contributed by atoms with Crippen LogP contribution in [0.5, 0.6) is 5.88 Å². The van der Waals surface area contributed by atoms with Gasteiger partial charge in [-0.2, -0.15) is 0 Å². The molecular formula is C13H10ClN3O3. The Morgan fingerprint density at radius 1 is 1.55 bits per heavy atom. The molecule has 1 heterocycles. The van der Waals surface area contributed by atoms with E-state index in [2.05, 4.69) is 11.0 Å². The van der Waals surface area contributed by atoms with Crippen LogP contribution >= 0.6 is 11.8 Å². The maximum absolute atomic E-state index is 11.7. The number of amides is 1. The summed E-state index contributed by atoms with van der Waals surface area (Å²) in [7, 11) is 0. The van der Waals surface area contributed by atoms with Crippen molar-refractivity contribution >= 4 is 17.7 Å². The molecule has 0 bridgehead atoms. The fourth-order valence-electron chi connectivity index (χ4n) is 1.66. The number of carbonyl (C=O) groups is 1. The molecule has 0 saturated heterocycles. The van der Waals surface area contributed by atoms with Gasteiger partial charge in [-0.25, -0.2) is 0 Å². The number of rotatable bonds is 4. The molecule has 6 nitrogen and oxygen atoms in total. The molecule has 1 aromatic heterocycles. The Kier molecular flexibility index (Phi) is 4.13. The molecule has 0 radical (unpaired) electrons. The van der Waals surface area contributed by atoms with Crippen LogP contribution in [0.2, 0.25) is 0 Å². The lowest BCUT2D eigenvalue weighted by Crippen LogP contribution is -2.16. The van der Waals surface area contributed by atoms with Crippen LogP contribution in [0.4, 0.5) is 0 Å². The van der Waals surface area contributed by atoms with Gasteiger partial charge in [0.15, 0.2) is 0 Å². The number of ether oxygens (including phenoxy) is 1. The van der Waals surface area contributed by atoms with Crippen molar-refractivity contribution in [1.82, 2.24) is 14.8 Å². The van der Waals surface area contributed by atoms with Gasteiger partial charge in [0, 0.05) is 34.5 Å². The van der Waals surface area contributed by atoms with Crippen LogP contribution in [-0.2, 0) is 6.61 Å². The van der Waals surface area contributed by atoms with E-state index in [1.54, 1.807) is 18.2 Å². The van der Waals surface area contributed by atoms with E-state index in [9.17, 15) is 4.79 Å². The van der Waals surface area contributed by atoms with Gasteiger partial charge in [-0.1, -0.05) is 17.1 Å². The predicted octanol–water partition coefficient (Wildman–Crippen LogP) is 1.56. The Labute approximate surface area is 120 Å². The second kappa shape index (κ2) is 5.99. The molecular weight excluding hydrogens is 282 g/mol. The highest BCUT2D eigenvalue weighted by Crippen LogP contribution is 2.17. The van der Waals surface area contributed by atoms with Crippen LogP contribution in [0, 0.1) is 12.3 Å². The minimum atomic E-state index is -0.477. The standard InChI is InChI=1S/C13H10ClN3O3/c1-2-9-4-3-5-10(13(18)15-14)11(9)8-20-12-6-7-17(19)16-12/h1,3-7,19H,8H2,(H,15,18). The molecule has 7 heteroatoms. The van der Waals surface area contributed by atoms with Gasteiger partial charge in [0.1, 0.15) is 6.61 Å². The Morgan fingerprint density at radius 3 is 2.95 bits per heavy atom. The number of nitrogens with zero attached hydrogens (tertiary/aromatic N) is 2. The topological polar surface area (TPSA) is 76.4 Å². The Morgan fingerprint density at radius 2 is 2.35 bits per heavy atom. The van der Waals surface area contributed by atoms with E-state index in [0.717, 1.165) is 0 Å². The van der Waals surface area contributed by atoms with Crippen LogP contribution in [0.25, 0.3) is 0 Å². The highest BCUT2D eigenvalue weighted by molar-refractivity contribution is 6.24. The Balaban J connectivity index is 2.29. The average molecular weight is 292 g/mol. The van der Waals surface area contributed by atoms with E-state index in [4.69, 9.17) is 28.1 Å². The largest absolute Gasteiger partial charge is 0.472 e. The molecule has 0 aliphatic heterocycles. The number of hydrogen-bond donors (Lipinski definition) is 2. The van der Waals surface area contributed by atoms with E-state index < -0.39 is 5.91 Å². The molecule has 0 atom stereocenters. The summed E-state index contributed by atoms with van der Waals surface area (Å²) in [5.41, 5.74) is 1.35. The van der Waals surface area contributed by atoms with E-state index in [1.807, 2.05) is 4.84 Å². The Bertz CT molecular complexity index is 676. The van der Waals surface area contributed by atoms with Crippen molar-refractivity contribution in [2.24, 2.45) is 0 Å². The third kappa shape index (κ3) is 2.84. The van der Waals surface area contributed by atoms with Crippen LogP contribution in [-0.4, -0.2) is 21.1 Å². The summed E-state index contributed by atoms with van der Waals surface area (Å²) < 4.78 is 5.38. The first-order chi connectivity index (χ1) is 9.65. The fourth-order valence-corrected chi connectivity index (χ4v) is 1.76. The molecule has 0 fully saturated rings. The molecule has 0 aliphatic rings. The number of terminal acetylenes is 1. The quantitative estimate of drug-likeness (QED) is 0.509. The van der Waals surface area contributed by atoms with Crippen molar-refractivity contribution in [3.8, 4) is 18.2 Å². The molecule has 0 saturated carbocycles. The molecule has 0 aliphatic carbocycles. The van der Waals surface area contributed by atoms with Gasteiger partial charge in [-0.05, 0) is 12.1 Å². The van der Waals surface area contributed by atoms with E-state index in [0.29, 0.717) is 21.5 Å². The summed E-state index contributed by atoms with van der Waals surface area (Å²) in [5.74, 6) is 2.21. The number of halogens is 1. The molecule has 0 spiro atoms. The highest BCUT2D eigenvalue weighted by atomic mass is 35.5. The molecule has 20 heavy (non-hydrogen) atoms. The van der Waals surface area contributed by atoms with E-state index in [-0.39, 0.29) is 12.5 Å². The number of hydrogen-bond acceptors (Lipinski definition) is 4. The highest BCUT2D eigenvalue weighted by Gasteiger charge is 2.14. The molecule has 2 rings (SSSR count). The monoisotopic (exact) mass is 291 g/mol. The molecule has 1 aromatic carbocycles. The lowest BCUT2D eigenvalue weighted by atomic mass is 10.0. The number of benzene rings is 1. The summed E-state index contributed by atoms with van der Waals surface area (Å²) in [6.07, 6.45) is 6.72. The van der Waals surface area contributed by atoms with Crippen molar-refractivity contribution in [3.05, 3.63) is 47.2 Å². The smallest absolute Gasteiger partial charge is 0.266 e. The first kappa shape index (κ1) is 13.8. The SMILES string of the molecule is C#Cc1cccc(C(=O)NCl)c1COc1ccn(O)n1. The van der Waals surface area contributed by atoms with Gasteiger partial charge in [0.05, 0.1) is 6.20 Å². The lowest BCUT2D eigenvalue weighted by molar-refractivity contribution is 0.0978. The van der Waals surface area contributed by atoms with Crippen molar-refractivity contribution in [2.45, 2.75) is 6.61 Å². The van der Waals surface area contributed by atoms with Crippen LogP contribution in [0.15, 0.2) is 30.5 Å². The van der Waals surface area contributed by atoms with Gasteiger partial charge in [-0.3, -0.25) is 9.63 Å². The van der Waals surface area contributed by atoms with Crippen molar-refractivity contribution in [2.75, 3.05) is 0 Å². The third-order valence-electron chi connectivity index (χ3n) is 2.58. The first-order valence-corrected chi connectivity index (χ1v) is 5.90. The van der Waals surface area contributed by atoms with Crippen LogP contribution in [0.3, 0.4) is 0 Å². The van der Waals surface area contributed by atoms with Gasteiger partial charge >= 0.3 is 0 Å². The zero-order valence-corrected chi connectivity index (χ0v) is 11.0. The van der Waals surface area contributed by atoms with Gasteiger partial charge in [0.2, 0.25) is 5.88 Å². The minimum Gasteiger partial charge on any atom is -0.472 e. The second-order valence-electron chi connectivity index (χ2n) is 3.76. The zero-order chi connectivity index (χ0) is 14.5. The molecule has 2 aromatic rings. The summed E-state index contributed by atoms with van der Waals surface area (Å²) in [5, 5.41) is 12.7. The predicted molar refractivity (Wildman–Crippen MR) is 71.4 cm³/mol. The maximum Gasteiger partial charge on any atom is 0.266 e. The summed E-state index contributed by atoms with van der Waals surface area (Å²) in [6.45, 7) is 0.0248. The average Bonchev–Trinajstić information content (AvgIpc) is 2.89. The minimum absolute atomic E-state index is 0.0248. The summed E-state index contributed by atoms with van der Waals surface area (Å²) in [4.78, 5) is 14.3. The first-order valence-electron chi connectivity index (χ1n) is 5.53. The molecule has 2 N–H and O–H groups in total. The van der Waals surface area contributed by atoms with Gasteiger partial charge in [0.25, 0.3) is 5.91 Å². The van der Waals surface area contributed by atoms with Crippen molar-refractivity contribution in [3.63, 3.8) is 0 Å². The van der Waals surface area contributed by atoms with E-state index in [1.165, 1.54) is 12.3 Å². The van der Waals surface area contributed by atoms with Crippen molar-refractivity contribution in [1.29, 1.82) is 0 Å². The number of carbonyl (C=O) groups excluding carboxylic acids is 1. The zero-order valence-electron chi connectivity index (χ0n) is 10.2. The summed E-state index contributed by atoms with van der Waals surface area (Å²) >= 11 is 5.33. The van der Waals surface area contributed by atoms with Gasteiger partial charge < -0.3 is 9.94 Å². The molecule has 102 valence electrons. The lowest BCUT2D eigenvalue weighted by Gasteiger charge is -2.10. The molecule has 1 amide bonds. The summed E-state index contributed by atoms with van der Waals surface area (Å²) in [6, 6.07) is 6.40. The fraction of sp³-hybridized carbons (Fsp3) is 0.0769. The van der Waals surface area contributed by atoms with Gasteiger partial charge in [-0.15, -0.1) is 11.3 Å². The second-order valence-corrected chi connectivity index (χ2v) is 3.95. The maximum atomic E-state index is 11.7. The number of aromatic nitrogens is 2. The normalized spacial score (nSPS) is 9.80. The number of nitrogens with one attached hydrogen (secondary N) is 1. The van der Waals surface area contributed by atoms with E-state index >= 15 is 0 Å². The van der Waals surface area contributed by atoms with Crippen LogP contribution < -0.4 is 9.57 Å². The third-order valence-corrected chi connectivity index (χ3v) is 2.75. The molecule has 0 unspecified atom stereocenters. The van der Waals surface area contributed by atoms with Crippen LogP contribution in [0.1, 0.15) is 21.5 Å². The Hall–Kier alpha value is -2.65. The van der Waals surface area contributed by atoms with Crippen molar-refractivity contribution < 1.29 is 14.7 Å².